The molecule has 1 aliphatic rings. The van der Waals surface area contributed by atoms with Crippen LogP contribution in [0, 0.1) is 0 Å². The molecule has 2 unspecified atom stereocenters. The molecule has 0 fully saturated rings. The van der Waals surface area contributed by atoms with Gasteiger partial charge in [-0.05, 0) is 31.2 Å². The molecule has 0 aliphatic carbocycles. The van der Waals surface area contributed by atoms with E-state index in [2.05, 4.69) is 5.32 Å². The third-order valence-corrected chi connectivity index (χ3v) is 3.16. The van der Waals surface area contributed by atoms with E-state index in [-0.39, 0.29) is 19.3 Å². The minimum Gasteiger partial charge on any atom is -0.481 e. The van der Waals surface area contributed by atoms with Gasteiger partial charge in [0.1, 0.15) is 0 Å². The van der Waals surface area contributed by atoms with E-state index in [1.54, 1.807) is 25.2 Å². The molecule has 6 nitrogen and oxygen atoms in total. The summed E-state index contributed by atoms with van der Waals surface area (Å²) in [6.07, 6.45) is -0.437. The lowest BCUT2D eigenvalue weighted by atomic mass is 9.98. The average molecular weight is 267 g/mol. The van der Waals surface area contributed by atoms with Gasteiger partial charge in [-0.2, -0.15) is 0 Å². The second-order valence-electron chi connectivity index (χ2n) is 4.39. The van der Waals surface area contributed by atoms with Gasteiger partial charge < -0.3 is 25.0 Å². The predicted octanol–water partition coefficient (Wildman–Crippen LogP) is 0.901. The molecule has 1 aliphatic heterocycles. The van der Waals surface area contributed by atoms with Crippen molar-refractivity contribution in [3.05, 3.63) is 23.8 Å². The molecule has 0 spiro atoms. The minimum atomic E-state index is -0.877. The average Bonchev–Trinajstić information content (AvgIpc) is 2.85. The van der Waals surface area contributed by atoms with Crippen LogP contribution in [0.5, 0.6) is 11.5 Å². The van der Waals surface area contributed by atoms with Crippen LogP contribution in [-0.2, 0) is 4.79 Å². The first-order valence-corrected chi connectivity index (χ1v) is 6.08. The van der Waals surface area contributed by atoms with Gasteiger partial charge in [-0.3, -0.25) is 4.79 Å². The highest BCUT2D eigenvalue weighted by molar-refractivity contribution is 5.66. The summed E-state index contributed by atoms with van der Waals surface area (Å²) in [5.74, 6) is 0.380. The molecule has 0 amide bonds. The number of hydrogen-bond donors (Lipinski definition) is 3. The van der Waals surface area contributed by atoms with Crippen molar-refractivity contribution in [3.63, 3.8) is 0 Å². The van der Waals surface area contributed by atoms with E-state index in [0.717, 1.165) is 0 Å². The van der Waals surface area contributed by atoms with Crippen LogP contribution in [0.1, 0.15) is 24.5 Å². The Morgan fingerprint density at radius 3 is 2.84 bits per heavy atom. The lowest BCUT2D eigenvalue weighted by molar-refractivity contribution is -0.137. The summed E-state index contributed by atoms with van der Waals surface area (Å²) in [4.78, 5) is 10.6. The van der Waals surface area contributed by atoms with Gasteiger partial charge in [0.2, 0.25) is 6.79 Å². The Morgan fingerprint density at radius 1 is 1.42 bits per heavy atom. The molecule has 2 atom stereocenters. The number of carboxylic acid groups (broad SMARTS) is 1. The second kappa shape index (κ2) is 5.90. The van der Waals surface area contributed by atoms with E-state index in [1.165, 1.54) is 0 Å². The first-order chi connectivity index (χ1) is 9.11. The van der Waals surface area contributed by atoms with Crippen LogP contribution in [0.2, 0.25) is 0 Å². The predicted molar refractivity (Wildman–Crippen MR) is 67.2 cm³/mol. The van der Waals surface area contributed by atoms with Crippen LogP contribution in [0.4, 0.5) is 0 Å². The number of aliphatic carboxylic acids is 1. The smallest absolute Gasteiger partial charge is 0.303 e. The highest BCUT2D eigenvalue weighted by atomic mass is 16.7. The number of carbonyl (C=O) groups is 1. The number of likely N-dealkylation sites (N-methyl/N-ethyl adjacent to an activating group) is 1. The molecule has 0 bridgehead atoms. The molecule has 104 valence electrons. The monoisotopic (exact) mass is 267 g/mol. The molecular weight excluding hydrogens is 250 g/mol. The van der Waals surface area contributed by atoms with E-state index in [4.69, 9.17) is 14.6 Å². The molecule has 1 aromatic carbocycles. The van der Waals surface area contributed by atoms with Gasteiger partial charge in [-0.25, -0.2) is 0 Å². The number of nitrogens with one attached hydrogen (secondary N) is 1. The van der Waals surface area contributed by atoms with E-state index >= 15 is 0 Å². The number of hydrogen-bond acceptors (Lipinski definition) is 5. The molecule has 19 heavy (non-hydrogen) atoms. The van der Waals surface area contributed by atoms with Gasteiger partial charge >= 0.3 is 5.97 Å². The SMILES string of the molecule is CNC(CCC(=O)O)C(O)c1ccc2c(c1)OCO2. The number of aliphatic hydroxyl groups is 1. The van der Waals surface area contributed by atoms with E-state index in [0.29, 0.717) is 23.5 Å². The largest absolute Gasteiger partial charge is 0.481 e. The van der Waals surface area contributed by atoms with Crippen molar-refractivity contribution in [2.45, 2.75) is 25.0 Å². The lowest BCUT2D eigenvalue weighted by Gasteiger charge is -2.22. The van der Waals surface area contributed by atoms with Crippen molar-refractivity contribution in [2.75, 3.05) is 13.8 Å². The summed E-state index contributed by atoms with van der Waals surface area (Å²) >= 11 is 0. The molecule has 2 rings (SSSR count). The Kier molecular flexibility index (Phi) is 4.24. The number of rotatable bonds is 6. The molecule has 1 heterocycles. The molecule has 1 aromatic rings. The summed E-state index contributed by atoms with van der Waals surface area (Å²) in [7, 11) is 1.70. The number of fused-ring (bicyclic) bond motifs is 1. The molecular formula is C13H17NO5. The maximum Gasteiger partial charge on any atom is 0.303 e. The Hall–Kier alpha value is -1.79. The van der Waals surface area contributed by atoms with E-state index < -0.39 is 12.1 Å². The zero-order chi connectivity index (χ0) is 13.8. The fourth-order valence-electron chi connectivity index (χ4n) is 2.07. The maximum atomic E-state index is 10.6. The second-order valence-corrected chi connectivity index (χ2v) is 4.39. The highest BCUT2D eigenvalue weighted by Gasteiger charge is 2.23. The summed E-state index contributed by atoms with van der Waals surface area (Å²) in [5, 5.41) is 21.9. The maximum absolute atomic E-state index is 10.6. The van der Waals surface area contributed by atoms with Crippen molar-refractivity contribution in [3.8, 4) is 11.5 Å². The normalized spacial score (nSPS) is 16.1. The van der Waals surface area contributed by atoms with Crippen LogP contribution in [-0.4, -0.2) is 36.1 Å². The van der Waals surface area contributed by atoms with Crippen molar-refractivity contribution < 1.29 is 24.5 Å². The zero-order valence-corrected chi connectivity index (χ0v) is 10.6. The molecule has 6 heteroatoms. The molecule has 0 saturated carbocycles. The topological polar surface area (TPSA) is 88.0 Å². The molecule has 0 aromatic heterocycles. The number of carboxylic acids is 1. The lowest BCUT2D eigenvalue weighted by Crippen LogP contribution is -2.32. The standard InChI is InChI=1S/C13H17NO5/c1-14-9(3-5-12(15)16)13(17)8-2-4-10-11(6-8)19-7-18-10/h2,4,6,9,13-14,17H,3,5,7H2,1H3,(H,15,16). The van der Waals surface area contributed by atoms with Crippen LogP contribution in [0.15, 0.2) is 18.2 Å². The highest BCUT2D eigenvalue weighted by Crippen LogP contribution is 2.35. The molecule has 3 N–H and O–H groups in total. The Balaban J connectivity index is 2.08. The first kappa shape index (κ1) is 13.6. The summed E-state index contributed by atoms with van der Waals surface area (Å²) in [5.41, 5.74) is 0.675. The van der Waals surface area contributed by atoms with Crippen LogP contribution >= 0.6 is 0 Å². The van der Waals surface area contributed by atoms with Crippen molar-refractivity contribution in [2.24, 2.45) is 0 Å². The van der Waals surface area contributed by atoms with Gasteiger partial charge in [-0.15, -0.1) is 0 Å². The fraction of sp³-hybridized carbons (Fsp3) is 0.462. The van der Waals surface area contributed by atoms with Crippen LogP contribution in [0.3, 0.4) is 0 Å². The number of benzene rings is 1. The minimum absolute atomic E-state index is 0.00706. The van der Waals surface area contributed by atoms with Gasteiger partial charge in [-0.1, -0.05) is 6.07 Å². The van der Waals surface area contributed by atoms with Crippen molar-refractivity contribution >= 4 is 5.97 Å². The Morgan fingerprint density at radius 2 is 2.16 bits per heavy atom. The quantitative estimate of drug-likeness (QED) is 0.710. The molecule has 0 radical (unpaired) electrons. The Labute approximate surface area is 111 Å². The van der Waals surface area contributed by atoms with Gasteiger partial charge in [0, 0.05) is 12.5 Å². The third-order valence-electron chi connectivity index (χ3n) is 3.16. The first-order valence-electron chi connectivity index (χ1n) is 6.08. The Bertz CT molecular complexity index is 462. The molecule has 0 saturated heterocycles. The zero-order valence-electron chi connectivity index (χ0n) is 10.6. The van der Waals surface area contributed by atoms with Gasteiger partial charge in [0.25, 0.3) is 0 Å². The van der Waals surface area contributed by atoms with E-state index in [1.807, 2.05) is 0 Å². The van der Waals surface area contributed by atoms with Gasteiger partial charge in [0.05, 0.1) is 6.10 Å². The van der Waals surface area contributed by atoms with E-state index in [9.17, 15) is 9.90 Å². The summed E-state index contributed by atoms with van der Waals surface area (Å²) < 4.78 is 10.5. The number of aliphatic hydroxyl groups excluding tert-OH is 1. The van der Waals surface area contributed by atoms with Gasteiger partial charge in [0.15, 0.2) is 11.5 Å². The number of ether oxygens (including phenoxy) is 2. The van der Waals surface area contributed by atoms with Crippen LogP contribution < -0.4 is 14.8 Å². The fourth-order valence-corrected chi connectivity index (χ4v) is 2.07. The van der Waals surface area contributed by atoms with Crippen LogP contribution in [0.25, 0.3) is 0 Å². The van der Waals surface area contributed by atoms with Crippen molar-refractivity contribution in [1.82, 2.24) is 5.32 Å². The summed E-state index contributed by atoms with van der Waals surface area (Å²) in [6.45, 7) is 0.184. The van der Waals surface area contributed by atoms with Crippen molar-refractivity contribution in [1.29, 1.82) is 0 Å². The summed E-state index contributed by atoms with van der Waals surface area (Å²) in [6, 6.07) is 4.89. The third kappa shape index (κ3) is 3.15.